The minimum Gasteiger partial charge on any atom is -0.376 e. The Balaban J connectivity index is 1.50. The average Bonchev–Trinajstić information content (AvgIpc) is 3.31. The summed E-state index contributed by atoms with van der Waals surface area (Å²) in [5.74, 6) is -0.108. The van der Waals surface area contributed by atoms with E-state index in [0.29, 0.717) is 17.6 Å². The summed E-state index contributed by atoms with van der Waals surface area (Å²) in [7, 11) is 0. The van der Waals surface area contributed by atoms with Crippen molar-refractivity contribution in [1.29, 1.82) is 0 Å². The Labute approximate surface area is 149 Å². The van der Waals surface area contributed by atoms with Crippen LogP contribution in [0.5, 0.6) is 0 Å². The van der Waals surface area contributed by atoms with E-state index in [4.69, 9.17) is 9.72 Å². The van der Waals surface area contributed by atoms with E-state index < -0.39 is 0 Å². The van der Waals surface area contributed by atoms with Gasteiger partial charge in [0.15, 0.2) is 5.65 Å². The lowest BCUT2D eigenvalue weighted by molar-refractivity contribution is 0.0858. The molecule has 1 atom stereocenters. The molecule has 1 unspecified atom stereocenters. The van der Waals surface area contributed by atoms with Crippen LogP contribution < -0.4 is 5.32 Å². The number of para-hydroxylation sites is 1. The van der Waals surface area contributed by atoms with E-state index in [0.717, 1.165) is 47.0 Å². The molecule has 1 fully saturated rings. The van der Waals surface area contributed by atoms with Gasteiger partial charge < -0.3 is 15.0 Å². The van der Waals surface area contributed by atoms with Crippen molar-refractivity contribution < 1.29 is 9.53 Å². The summed E-state index contributed by atoms with van der Waals surface area (Å²) < 4.78 is 5.55. The molecular formula is C20H18N4O2. The number of carbonyl (C=O) groups excluding carboxylic acids is 1. The molecule has 6 heteroatoms. The van der Waals surface area contributed by atoms with E-state index in [9.17, 15) is 4.79 Å². The van der Waals surface area contributed by atoms with Crippen LogP contribution >= 0.6 is 0 Å². The number of benzene rings is 2. The number of hydrogen-bond acceptors (Lipinski definition) is 4. The number of carbonyl (C=O) groups is 1. The largest absolute Gasteiger partial charge is 0.376 e. The molecule has 1 aliphatic heterocycles. The summed E-state index contributed by atoms with van der Waals surface area (Å²) in [5, 5.41) is 3.98. The minimum absolute atomic E-state index is 0.108. The van der Waals surface area contributed by atoms with Crippen molar-refractivity contribution in [2.75, 3.05) is 13.2 Å². The molecule has 2 N–H and O–H groups in total. The molecule has 1 amide bonds. The van der Waals surface area contributed by atoms with Crippen molar-refractivity contribution in [3.05, 3.63) is 48.0 Å². The van der Waals surface area contributed by atoms with Gasteiger partial charge in [0, 0.05) is 29.6 Å². The molecular weight excluding hydrogens is 328 g/mol. The highest BCUT2D eigenvalue weighted by Crippen LogP contribution is 2.24. The molecule has 0 saturated carbocycles. The number of hydrogen-bond donors (Lipinski definition) is 2. The van der Waals surface area contributed by atoms with E-state index in [1.54, 1.807) is 12.1 Å². The highest BCUT2D eigenvalue weighted by Gasteiger charge is 2.17. The minimum atomic E-state index is -0.108. The molecule has 0 radical (unpaired) electrons. The monoisotopic (exact) mass is 346 g/mol. The smallest absolute Gasteiger partial charge is 0.251 e. The van der Waals surface area contributed by atoms with E-state index >= 15 is 0 Å². The quantitative estimate of drug-likeness (QED) is 0.597. The van der Waals surface area contributed by atoms with Gasteiger partial charge in [-0.3, -0.25) is 4.79 Å². The van der Waals surface area contributed by atoms with E-state index in [2.05, 4.69) is 15.3 Å². The lowest BCUT2D eigenvalue weighted by Crippen LogP contribution is -2.31. The topological polar surface area (TPSA) is 79.9 Å². The van der Waals surface area contributed by atoms with Crippen molar-refractivity contribution in [2.45, 2.75) is 18.9 Å². The highest BCUT2D eigenvalue weighted by atomic mass is 16.5. The van der Waals surface area contributed by atoms with E-state index in [-0.39, 0.29) is 12.0 Å². The lowest BCUT2D eigenvalue weighted by Gasteiger charge is -2.11. The number of H-pyrrole nitrogens is 1. The number of ether oxygens (including phenoxy) is 1. The fraction of sp³-hybridized carbons (Fsp3) is 0.250. The number of rotatable bonds is 3. The summed E-state index contributed by atoms with van der Waals surface area (Å²) in [6.45, 7) is 1.33. The molecule has 26 heavy (non-hydrogen) atoms. The first kappa shape index (κ1) is 15.3. The molecule has 0 aliphatic carbocycles. The van der Waals surface area contributed by atoms with Gasteiger partial charge in [-0.15, -0.1) is 0 Å². The van der Waals surface area contributed by atoms with Crippen LogP contribution in [0.15, 0.2) is 42.5 Å². The van der Waals surface area contributed by atoms with Crippen molar-refractivity contribution >= 4 is 39.0 Å². The molecule has 5 rings (SSSR count). The molecule has 2 aromatic heterocycles. The summed E-state index contributed by atoms with van der Waals surface area (Å²) in [6.07, 6.45) is 2.19. The van der Waals surface area contributed by atoms with Gasteiger partial charge in [0.25, 0.3) is 5.91 Å². The predicted molar refractivity (Wildman–Crippen MR) is 100 cm³/mol. The van der Waals surface area contributed by atoms with Gasteiger partial charge in [0.1, 0.15) is 5.52 Å². The van der Waals surface area contributed by atoms with Crippen LogP contribution in [0.25, 0.3) is 33.1 Å². The molecule has 2 aromatic carbocycles. The predicted octanol–water partition coefficient (Wildman–Crippen LogP) is 3.17. The number of fused-ring (bicyclic) bond motifs is 4. The Morgan fingerprint density at radius 3 is 3.00 bits per heavy atom. The zero-order chi connectivity index (χ0) is 17.5. The van der Waals surface area contributed by atoms with Gasteiger partial charge in [-0.1, -0.05) is 18.2 Å². The second-order valence-corrected chi connectivity index (χ2v) is 6.64. The lowest BCUT2D eigenvalue weighted by atomic mass is 10.1. The Morgan fingerprint density at radius 2 is 2.12 bits per heavy atom. The van der Waals surface area contributed by atoms with Gasteiger partial charge in [-0.2, -0.15) is 0 Å². The van der Waals surface area contributed by atoms with Crippen LogP contribution in [-0.2, 0) is 4.74 Å². The standard InChI is InChI=1S/C20H18N4O2/c25-20(21-11-13-4-3-9-26-13)12-7-8-16-17(10-12)22-18-14-5-1-2-6-15(14)23-19(18)24-16/h1-2,5-8,10,13H,3-4,9,11H2,(H,21,25)(H,23,24). The Bertz CT molecular complexity index is 1130. The summed E-state index contributed by atoms with van der Waals surface area (Å²) >= 11 is 0. The van der Waals surface area contributed by atoms with E-state index in [1.807, 2.05) is 30.3 Å². The maximum atomic E-state index is 12.5. The molecule has 0 spiro atoms. The molecule has 3 heterocycles. The van der Waals surface area contributed by atoms with Crippen molar-refractivity contribution in [1.82, 2.24) is 20.3 Å². The van der Waals surface area contributed by atoms with Crippen LogP contribution in [0.1, 0.15) is 23.2 Å². The molecule has 0 bridgehead atoms. The van der Waals surface area contributed by atoms with Crippen molar-refractivity contribution in [2.24, 2.45) is 0 Å². The van der Waals surface area contributed by atoms with Crippen LogP contribution in [0.3, 0.4) is 0 Å². The molecule has 1 saturated heterocycles. The zero-order valence-corrected chi connectivity index (χ0v) is 14.2. The Hall–Kier alpha value is -2.99. The number of aromatic amines is 1. The van der Waals surface area contributed by atoms with Crippen molar-refractivity contribution in [3.8, 4) is 0 Å². The number of nitrogens with zero attached hydrogens (tertiary/aromatic N) is 2. The summed E-state index contributed by atoms with van der Waals surface area (Å²) in [4.78, 5) is 25.1. The SMILES string of the molecule is O=C(NCC1CCCO1)c1ccc2nc3[nH]c4ccccc4c3nc2c1. The summed E-state index contributed by atoms with van der Waals surface area (Å²) in [5.41, 5.74) is 4.65. The molecule has 6 nitrogen and oxygen atoms in total. The fourth-order valence-electron chi connectivity index (χ4n) is 3.51. The average molecular weight is 346 g/mol. The van der Waals surface area contributed by atoms with Gasteiger partial charge in [0.05, 0.1) is 17.1 Å². The second-order valence-electron chi connectivity index (χ2n) is 6.64. The van der Waals surface area contributed by atoms with Gasteiger partial charge in [-0.25, -0.2) is 9.97 Å². The zero-order valence-electron chi connectivity index (χ0n) is 14.2. The first-order chi connectivity index (χ1) is 12.8. The van der Waals surface area contributed by atoms with Gasteiger partial charge in [0.2, 0.25) is 0 Å². The Kier molecular flexibility index (Phi) is 3.57. The second kappa shape index (κ2) is 6.07. The maximum absolute atomic E-state index is 12.5. The third kappa shape index (κ3) is 2.59. The van der Waals surface area contributed by atoms with Crippen LogP contribution in [0, 0.1) is 0 Å². The number of aromatic nitrogens is 3. The number of nitrogens with one attached hydrogen (secondary N) is 2. The first-order valence-electron chi connectivity index (χ1n) is 8.86. The highest BCUT2D eigenvalue weighted by molar-refractivity contribution is 6.06. The van der Waals surface area contributed by atoms with Gasteiger partial charge >= 0.3 is 0 Å². The van der Waals surface area contributed by atoms with Crippen LogP contribution in [0.4, 0.5) is 0 Å². The first-order valence-corrected chi connectivity index (χ1v) is 8.86. The van der Waals surface area contributed by atoms with Crippen LogP contribution in [-0.4, -0.2) is 40.1 Å². The van der Waals surface area contributed by atoms with Crippen molar-refractivity contribution in [3.63, 3.8) is 0 Å². The third-order valence-corrected chi connectivity index (χ3v) is 4.88. The fourth-order valence-corrected chi connectivity index (χ4v) is 3.51. The summed E-state index contributed by atoms with van der Waals surface area (Å²) in [6, 6.07) is 13.4. The normalized spacial score (nSPS) is 17.3. The third-order valence-electron chi connectivity index (χ3n) is 4.88. The van der Waals surface area contributed by atoms with Crippen LogP contribution in [0.2, 0.25) is 0 Å². The Morgan fingerprint density at radius 1 is 1.19 bits per heavy atom. The molecule has 1 aliphatic rings. The molecule has 4 aromatic rings. The van der Waals surface area contributed by atoms with E-state index in [1.165, 1.54) is 0 Å². The van der Waals surface area contributed by atoms with Gasteiger partial charge in [-0.05, 0) is 37.1 Å². The molecule has 130 valence electrons. The number of amides is 1. The maximum Gasteiger partial charge on any atom is 0.251 e.